The van der Waals surface area contributed by atoms with Gasteiger partial charge in [0.25, 0.3) is 0 Å². The maximum absolute atomic E-state index is 10.2. The zero-order valence-electron chi connectivity index (χ0n) is 18.8. The minimum atomic E-state index is -0.00820. The molecule has 5 unspecified atom stereocenters. The van der Waals surface area contributed by atoms with Gasteiger partial charge in [0.1, 0.15) is 0 Å². The van der Waals surface area contributed by atoms with Gasteiger partial charge in [-0.05, 0) is 110 Å². The lowest BCUT2D eigenvalue weighted by molar-refractivity contribution is -0.129. The van der Waals surface area contributed by atoms with Crippen LogP contribution in [-0.2, 0) is 0 Å². The highest BCUT2D eigenvalue weighted by atomic mass is 16.3. The first-order valence-electron chi connectivity index (χ1n) is 12.4. The molecule has 0 aromatic rings. The third-order valence-corrected chi connectivity index (χ3v) is 10.6. The van der Waals surface area contributed by atoms with Crippen molar-refractivity contribution >= 4 is 0 Å². The van der Waals surface area contributed by atoms with Gasteiger partial charge in [0, 0.05) is 0 Å². The minimum Gasteiger partial charge on any atom is -0.393 e. The third kappa shape index (κ3) is 3.32. The first-order valence-corrected chi connectivity index (χ1v) is 12.4. The topological polar surface area (TPSA) is 20.2 Å². The molecule has 4 rings (SSSR count). The van der Waals surface area contributed by atoms with E-state index in [1.165, 1.54) is 57.8 Å². The molecule has 4 aliphatic carbocycles. The summed E-state index contributed by atoms with van der Waals surface area (Å²) in [6.45, 7) is 12.7. The lowest BCUT2D eigenvalue weighted by Gasteiger charge is -2.61. The van der Waals surface area contributed by atoms with E-state index in [2.05, 4.69) is 34.6 Å². The summed E-state index contributed by atoms with van der Waals surface area (Å²) in [6, 6.07) is 0. The van der Waals surface area contributed by atoms with Crippen LogP contribution >= 0.6 is 0 Å². The molecule has 0 aliphatic heterocycles. The Balaban J connectivity index is 1.50. The second-order valence-electron chi connectivity index (χ2n) is 12.3. The first-order chi connectivity index (χ1) is 12.8. The Labute approximate surface area is 169 Å². The summed E-state index contributed by atoms with van der Waals surface area (Å²) < 4.78 is 0. The third-order valence-electron chi connectivity index (χ3n) is 10.6. The van der Waals surface area contributed by atoms with Gasteiger partial charge in [-0.2, -0.15) is 0 Å². The van der Waals surface area contributed by atoms with E-state index in [0.29, 0.717) is 10.8 Å². The van der Waals surface area contributed by atoms with Crippen molar-refractivity contribution in [3.63, 3.8) is 0 Å². The number of hydrogen-bond acceptors (Lipinski definition) is 1. The molecule has 0 aromatic carbocycles. The Morgan fingerprint density at radius 1 is 0.815 bits per heavy atom. The zero-order valence-corrected chi connectivity index (χ0v) is 18.8. The maximum Gasteiger partial charge on any atom is 0.0543 e. The Morgan fingerprint density at radius 3 is 2.26 bits per heavy atom. The van der Waals surface area contributed by atoms with E-state index >= 15 is 0 Å². The fourth-order valence-corrected chi connectivity index (χ4v) is 9.01. The Hall–Kier alpha value is -0.0400. The normalized spacial score (nSPS) is 50.8. The summed E-state index contributed by atoms with van der Waals surface area (Å²) >= 11 is 0. The summed E-state index contributed by atoms with van der Waals surface area (Å²) in [6.07, 6.45) is 15.1. The number of hydrogen-bond donors (Lipinski definition) is 1. The Kier molecular flexibility index (Phi) is 5.50. The SMILES string of the molecule is CC(C)CCC(C)C1CCC2C3CC[C@H]4C[C@@H](O)CC[C@]4(C)C3CC[C@]12C. The summed E-state index contributed by atoms with van der Waals surface area (Å²) in [4.78, 5) is 0. The van der Waals surface area contributed by atoms with Crippen molar-refractivity contribution < 1.29 is 5.11 Å². The minimum absolute atomic E-state index is 0.00820. The molecule has 156 valence electrons. The zero-order chi connectivity index (χ0) is 19.4. The summed E-state index contributed by atoms with van der Waals surface area (Å²) in [7, 11) is 0. The standard InChI is InChI=1S/C26H46O/c1-17(2)6-7-18(3)22-10-11-23-21-9-8-19-16-20(27)12-14-25(19,4)24(21)13-15-26(22,23)5/h17-24,27H,6-16H2,1-5H3/t18?,19-,20-,21?,22?,23?,24?,25-,26+/m0/s1. The second kappa shape index (κ2) is 7.33. The van der Waals surface area contributed by atoms with Crippen LogP contribution in [0.15, 0.2) is 0 Å². The maximum atomic E-state index is 10.2. The predicted molar refractivity (Wildman–Crippen MR) is 114 cm³/mol. The Morgan fingerprint density at radius 2 is 1.52 bits per heavy atom. The molecule has 1 nitrogen and oxygen atoms in total. The molecule has 9 atom stereocenters. The van der Waals surface area contributed by atoms with Gasteiger partial charge in [0.15, 0.2) is 0 Å². The van der Waals surface area contributed by atoms with E-state index in [0.717, 1.165) is 54.3 Å². The van der Waals surface area contributed by atoms with Crippen molar-refractivity contribution in [1.82, 2.24) is 0 Å². The molecule has 0 saturated heterocycles. The highest BCUT2D eigenvalue weighted by molar-refractivity contribution is 5.09. The lowest BCUT2D eigenvalue weighted by Crippen LogP contribution is -2.54. The largest absolute Gasteiger partial charge is 0.393 e. The number of aliphatic hydroxyl groups is 1. The fraction of sp³-hybridized carbons (Fsp3) is 1.00. The van der Waals surface area contributed by atoms with Crippen molar-refractivity contribution in [3.05, 3.63) is 0 Å². The van der Waals surface area contributed by atoms with Crippen LogP contribution in [-0.4, -0.2) is 11.2 Å². The van der Waals surface area contributed by atoms with Gasteiger partial charge in [0.2, 0.25) is 0 Å². The fourth-order valence-electron chi connectivity index (χ4n) is 9.01. The van der Waals surface area contributed by atoms with Crippen molar-refractivity contribution in [1.29, 1.82) is 0 Å². The van der Waals surface area contributed by atoms with Crippen LogP contribution in [0.3, 0.4) is 0 Å². The van der Waals surface area contributed by atoms with Crippen LogP contribution in [0.1, 0.15) is 105 Å². The number of aliphatic hydroxyl groups excluding tert-OH is 1. The van der Waals surface area contributed by atoms with E-state index in [9.17, 15) is 5.11 Å². The van der Waals surface area contributed by atoms with Crippen LogP contribution in [0, 0.1) is 52.3 Å². The van der Waals surface area contributed by atoms with Gasteiger partial charge in [-0.25, -0.2) is 0 Å². The molecule has 0 spiro atoms. The molecule has 1 N–H and O–H groups in total. The molecule has 0 heterocycles. The van der Waals surface area contributed by atoms with E-state index in [1.807, 2.05) is 0 Å². The van der Waals surface area contributed by atoms with Gasteiger partial charge in [-0.3, -0.25) is 0 Å². The van der Waals surface area contributed by atoms with E-state index < -0.39 is 0 Å². The van der Waals surface area contributed by atoms with Crippen LogP contribution in [0.2, 0.25) is 0 Å². The molecule has 0 aromatic heterocycles. The second-order valence-corrected chi connectivity index (χ2v) is 12.3. The van der Waals surface area contributed by atoms with Crippen molar-refractivity contribution in [3.8, 4) is 0 Å². The average Bonchev–Trinajstić information content (AvgIpc) is 2.97. The molecule has 4 saturated carbocycles. The van der Waals surface area contributed by atoms with Gasteiger partial charge in [0.05, 0.1) is 6.10 Å². The molecule has 0 radical (unpaired) electrons. The molecule has 4 aliphatic rings. The van der Waals surface area contributed by atoms with Crippen molar-refractivity contribution in [2.24, 2.45) is 52.3 Å². The smallest absolute Gasteiger partial charge is 0.0543 e. The quantitative estimate of drug-likeness (QED) is 0.557. The van der Waals surface area contributed by atoms with E-state index in [-0.39, 0.29) is 6.10 Å². The molecule has 0 bridgehead atoms. The van der Waals surface area contributed by atoms with Gasteiger partial charge in [-0.15, -0.1) is 0 Å². The lowest BCUT2D eigenvalue weighted by atomic mass is 9.44. The molecule has 0 amide bonds. The van der Waals surface area contributed by atoms with Crippen LogP contribution in [0.25, 0.3) is 0 Å². The number of rotatable bonds is 4. The average molecular weight is 375 g/mol. The summed E-state index contributed by atoms with van der Waals surface area (Å²) in [5.41, 5.74) is 1.15. The van der Waals surface area contributed by atoms with Crippen LogP contribution in [0.5, 0.6) is 0 Å². The molecule has 4 fully saturated rings. The molecular formula is C26H46O. The highest BCUT2D eigenvalue weighted by Crippen LogP contribution is 2.68. The molecular weight excluding hydrogens is 328 g/mol. The van der Waals surface area contributed by atoms with Crippen molar-refractivity contribution in [2.45, 2.75) is 111 Å². The van der Waals surface area contributed by atoms with Gasteiger partial charge in [-0.1, -0.05) is 47.5 Å². The summed E-state index contributed by atoms with van der Waals surface area (Å²) in [5.74, 6) is 6.47. The predicted octanol–water partition coefficient (Wildman–Crippen LogP) is 7.08. The monoisotopic (exact) mass is 374 g/mol. The van der Waals surface area contributed by atoms with Crippen LogP contribution < -0.4 is 0 Å². The molecule has 1 heteroatoms. The van der Waals surface area contributed by atoms with Gasteiger partial charge >= 0.3 is 0 Å². The highest BCUT2D eigenvalue weighted by Gasteiger charge is 2.60. The summed E-state index contributed by atoms with van der Waals surface area (Å²) in [5, 5.41) is 10.2. The number of fused-ring (bicyclic) bond motifs is 5. The Bertz CT molecular complexity index is 526. The van der Waals surface area contributed by atoms with Crippen LogP contribution in [0.4, 0.5) is 0 Å². The van der Waals surface area contributed by atoms with Gasteiger partial charge < -0.3 is 5.11 Å². The van der Waals surface area contributed by atoms with E-state index in [1.54, 1.807) is 0 Å². The molecule has 27 heavy (non-hydrogen) atoms. The van der Waals surface area contributed by atoms with E-state index in [4.69, 9.17) is 0 Å². The van der Waals surface area contributed by atoms with Crippen molar-refractivity contribution in [2.75, 3.05) is 0 Å². The first kappa shape index (κ1) is 20.2.